The number of hydrogen-bond acceptors (Lipinski definition) is 3. The Bertz CT molecular complexity index is 880. The van der Waals surface area contributed by atoms with E-state index in [0.29, 0.717) is 32.9 Å². The van der Waals surface area contributed by atoms with Gasteiger partial charge >= 0.3 is 5.69 Å². The van der Waals surface area contributed by atoms with Gasteiger partial charge in [0.2, 0.25) is 0 Å². The molecule has 2 aromatic carbocycles. The average Bonchev–Trinajstić information content (AvgIpc) is 2.80. The van der Waals surface area contributed by atoms with Crippen LogP contribution in [0.3, 0.4) is 0 Å². The van der Waals surface area contributed by atoms with Crippen molar-refractivity contribution in [3.8, 4) is 0 Å². The molecule has 1 aromatic heterocycles. The molecule has 0 radical (unpaired) electrons. The number of imidazole rings is 1. The lowest BCUT2D eigenvalue weighted by Crippen LogP contribution is -2.02. The highest BCUT2D eigenvalue weighted by atomic mass is 35.5. The molecule has 20 heavy (non-hydrogen) atoms. The number of aromatic amines is 2. The molecule has 3 aromatic rings. The van der Waals surface area contributed by atoms with Crippen LogP contribution in [-0.2, 0) is 0 Å². The quantitative estimate of drug-likeness (QED) is 0.499. The first-order valence-electron chi connectivity index (χ1n) is 5.86. The number of nitrogens with two attached hydrogens (primary N) is 1. The molecule has 1 heterocycles. The number of nitrogen functional groups attached to an aromatic ring is 1. The molecule has 0 amide bonds. The summed E-state index contributed by atoms with van der Waals surface area (Å²) in [6.07, 6.45) is 0. The van der Waals surface area contributed by atoms with Gasteiger partial charge in [0.05, 0.1) is 21.7 Å². The number of halogens is 1. The van der Waals surface area contributed by atoms with E-state index in [1.54, 1.807) is 30.3 Å². The van der Waals surface area contributed by atoms with Crippen molar-refractivity contribution in [1.82, 2.24) is 9.97 Å². The normalized spacial score (nSPS) is 10.8. The molecule has 0 aliphatic heterocycles. The Balaban J connectivity index is 2.07. The van der Waals surface area contributed by atoms with E-state index in [1.165, 1.54) is 6.07 Å². The van der Waals surface area contributed by atoms with Crippen LogP contribution in [0.2, 0.25) is 5.02 Å². The van der Waals surface area contributed by atoms with Crippen LogP contribution in [0.1, 0.15) is 15.9 Å². The molecule has 0 aliphatic rings. The van der Waals surface area contributed by atoms with Crippen LogP contribution >= 0.6 is 11.6 Å². The monoisotopic (exact) mass is 287 g/mol. The molecule has 0 aliphatic carbocycles. The number of fused-ring (bicyclic) bond motifs is 1. The number of benzene rings is 2. The Morgan fingerprint density at radius 1 is 1.00 bits per heavy atom. The Hall–Kier alpha value is -2.53. The smallest absolute Gasteiger partial charge is 0.323 e. The van der Waals surface area contributed by atoms with Gasteiger partial charge in [0.1, 0.15) is 0 Å². The van der Waals surface area contributed by atoms with E-state index < -0.39 is 0 Å². The highest BCUT2D eigenvalue weighted by molar-refractivity contribution is 6.33. The minimum atomic E-state index is -0.305. The van der Waals surface area contributed by atoms with Gasteiger partial charge in [-0.15, -0.1) is 0 Å². The molecule has 0 spiro atoms. The van der Waals surface area contributed by atoms with Crippen molar-refractivity contribution in [2.24, 2.45) is 0 Å². The van der Waals surface area contributed by atoms with Gasteiger partial charge in [-0.2, -0.15) is 0 Å². The van der Waals surface area contributed by atoms with Crippen molar-refractivity contribution in [1.29, 1.82) is 0 Å². The first-order chi connectivity index (χ1) is 9.54. The molecule has 0 unspecified atom stereocenters. The molecular formula is C14H10ClN3O2. The van der Waals surface area contributed by atoms with Gasteiger partial charge < -0.3 is 15.7 Å². The summed E-state index contributed by atoms with van der Waals surface area (Å²) in [4.78, 5) is 28.8. The van der Waals surface area contributed by atoms with Crippen LogP contribution in [0.4, 0.5) is 5.69 Å². The van der Waals surface area contributed by atoms with Crippen molar-refractivity contribution in [3.63, 3.8) is 0 Å². The zero-order valence-electron chi connectivity index (χ0n) is 10.2. The fourth-order valence-corrected chi connectivity index (χ4v) is 2.14. The molecule has 0 saturated carbocycles. The third-order valence-corrected chi connectivity index (χ3v) is 3.38. The second-order valence-electron chi connectivity index (χ2n) is 4.40. The number of rotatable bonds is 2. The van der Waals surface area contributed by atoms with Crippen molar-refractivity contribution < 1.29 is 4.79 Å². The van der Waals surface area contributed by atoms with Crippen LogP contribution in [0, 0.1) is 0 Å². The lowest BCUT2D eigenvalue weighted by molar-refractivity contribution is 0.103. The topological polar surface area (TPSA) is 91.7 Å². The van der Waals surface area contributed by atoms with E-state index >= 15 is 0 Å². The number of carbonyl (C=O) groups excluding carboxylic acids is 1. The summed E-state index contributed by atoms with van der Waals surface area (Å²) in [6.45, 7) is 0. The average molecular weight is 288 g/mol. The summed E-state index contributed by atoms with van der Waals surface area (Å²) in [6, 6.07) is 9.69. The van der Waals surface area contributed by atoms with E-state index in [1.807, 2.05) is 0 Å². The standard InChI is InChI=1S/C14H10ClN3O2/c15-9-3-1-7(5-10(9)16)13(19)8-2-4-11-12(6-8)18-14(20)17-11/h1-6H,16H2,(H2,17,18,20). The number of H-pyrrole nitrogens is 2. The molecule has 6 heteroatoms. The van der Waals surface area contributed by atoms with Crippen molar-refractivity contribution in [2.75, 3.05) is 5.73 Å². The number of ketones is 1. The van der Waals surface area contributed by atoms with Crippen LogP contribution < -0.4 is 11.4 Å². The summed E-state index contributed by atoms with van der Waals surface area (Å²) in [7, 11) is 0. The van der Waals surface area contributed by atoms with Crippen LogP contribution in [0.15, 0.2) is 41.2 Å². The molecule has 0 fully saturated rings. The molecule has 4 N–H and O–H groups in total. The van der Waals surface area contributed by atoms with Crippen molar-refractivity contribution >= 4 is 34.1 Å². The zero-order chi connectivity index (χ0) is 14.3. The first kappa shape index (κ1) is 12.5. The molecule has 100 valence electrons. The van der Waals surface area contributed by atoms with E-state index in [-0.39, 0.29) is 11.5 Å². The maximum Gasteiger partial charge on any atom is 0.323 e. The highest BCUT2D eigenvalue weighted by Crippen LogP contribution is 2.22. The third kappa shape index (κ3) is 2.08. The zero-order valence-corrected chi connectivity index (χ0v) is 11.0. The third-order valence-electron chi connectivity index (χ3n) is 3.04. The lowest BCUT2D eigenvalue weighted by atomic mass is 10.0. The summed E-state index contributed by atoms with van der Waals surface area (Å²) in [5.74, 6) is -0.183. The van der Waals surface area contributed by atoms with Gasteiger partial charge in [0, 0.05) is 11.1 Å². The Morgan fingerprint density at radius 3 is 2.40 bits per heavy atom. The Labute approximate surface area is 118 Å². The number of hydrogen-bond donors (Lipinski definition) is 3. The van der Waals surface area contributed by atoms with Crippen LogP contribution in [-0.4, -0.2) is 15.8 Å². The summed E-state index contributed by atoms with van der Waals surface area (Å²) in [5, 5.41) is 0.409. The van der Waals surface area contributed by atoms with E-state index in [2.05, 4.69) is 9.97 Å². The maximum atomic E-state index is 12.4. The number of aromatic nitrogens is 2. The second-order valence-corrected chi connectivity index (χ2v) is 4.81. The maximum absolute atomic E-state index is 12.4. The predicted octanol–water partition coefficient (Wildman–Crippen LogP) is 2.32. The molecule has 0 saturated heterocycles. The van der Waals surface area contributed by atoms with E-state index in [0.717, 1.165) is 0 Å². The van der Waals surface area contributed by atoms with Crippen LogP contribution in [0.25, 0.3) is 11.0 Å². The minimum Gasteiger partial charge on any atom is -0.398 e. The molecular weight excluding hydrogens is 278 g/mol. The summed E-state index contributed by atoms with van der Waals surface area (Å²) in [5.41, 5.74) is 7.90. The first-order valence-corrected chi connectivity index (χ1v) is 6.24. The number of carbonyl (C=O) groups is 1. The van der Waals surface area contributed by atoms with Gasteiger partial charge in [-0.25, -0.2) is 4.79 Å². The van der Waals surface area contributed by atoms with Crippen LogP contribution in [0.5, 0.6) is 0 Å². The van der Waals surface area contributed by atoms with Crippen molar-refractivity contribution in [2.45, 2.75) is 0 Å². The summed E-state index contributed by atoms with van der Waals surface area (Å²) < 4.78 is 0. The van der Waals surface area contributed by atoms with Crippen molar-refractivity contribution in [3.05, 3.63) is 63.0 Å². The fourth-order valence-electron chi connectivity index (χ4n) is 2.03. The van der Waals surface area contributed by atoms with Gasteiger partial charge in [0.15, 0.2) is 5.78 Å². The molecule has 0 atom stereocenters. The van der Waals surface area contributed by atoms with Gasteiger partial charge in [-0.05, 0) is 36.4 Å². The Morgan fingerprint density at radius 2 is 1.65 bits per heavy atom. The van der Waals surface area contributed by atoms with Gasteiger partial charge in [-0.3, -0.25) is 4.79 Å². The van der Waals surface area contributed by atoms with Gasteiger partial charge in [0.25, 0.3) is 0 Å². The molecule has 0 bridgehead atoms. The molecule has 3 rings (SSSR count). The highest BCUT2D eigenvalue weighted by Gasteiger charge is 2.11. The Kier molecular flexibility index (Phi) is 2.84. The van der Waals surface area contributed by atoms with E-state index in [4.69, 9.17) is 17.3 Å². The van der Waals surface area contributed by atoms with E-state index in [9.17, 15) is 9.59 Å². The molecule has 5 nitrogen and oxygen atoms in total. The number of nitrogens with one attached hydrogen (secondary N) is 2. The lowest BCUT2D eigenvalue weighted by Gasteiger charge is -2.04. The fraction of sp³-hybridized carbons (Fsp3) is 0. The SMILES string of the molecule is Nc1cc(C(=O)c2ccc3[nH]c(=O)[nH]c3c2)ccc1Cl. The summed E-state index contributed by atoms with van der Waals surface area (Å²) >= 11 is 5.83. The number of anilines is 1. The minimum absolute atomic E-state index is 0.183. The van der Waals surface area contributed by atoms with Gasteiger partial charge in [-0.1, -0.05) is 11.6 Å². The largest absolute Gasteiger partial charge is 0.398 e. The second kappa shape index (κ2) is 4.54. The predicted molar refractivity (Wildman–Crippen MR) is 78.2 cm³/mol.